The fourth-order valence-corrected chi connectivity index (χ4v) is 1.19. The monoisotopic (exact) mass is 264 g/mol. The highest BCUT2D eigenvalue weighted by Crippen LogP contribution is 2.14. The molecule has 0 fully saturated rings. The van der Waals surface area contributed by atoms with Gasteiger partial charge in [0.15, 0.2) is 0 Å². The molecule has 3 nitrogen and oxygen atoms in total. The molecule has 1 rings (SSSR count). The summed E-state index contributed by atoms with van der Waals surface area (Å²) in [5.41, 5.74) is 5.38. The summed E-state index contributed by atoms with van der Waals surface area (Å²) in [4.78, 5) is 11.6. The first-order chi connectivity index (χ1) is 7.45. The third kappa shape index (κ3) is 3.94. The lowest BCUT2D eigenvalue weighted by molar-refractivity contribution is 0.0937. The fourth-order valence-electron chi connectivity index (χ4n) is 1.19. The number of nitrogens with one attached hydrogen (secondary N) is 1. The van der Waals surface area contributed by atoms with Crippen molar-refractivity contribution >= 4 is 18.3 Å². The molecule has 1 amide bonds. The summed E-state index contributed by atoms with van der Waals surface area (Å²) >= 11 is 0. The van der Waals surface area contributed by atoms with E-state index in [0.717, 1.165) is 0 Å². The minimum absolute atomic E-state index is 0. The van der Waals surface area contributed by atoms with E-state index in [-0.39, 0.29) is 36.1 Å². The van der Waals surface area contributed by atoms with E-state index in [0.29, 0.717) is 6.07 Å². The van der Waals surface area contributed by atoms with Gasteiger partial charge in [0.1, 0.15) is 11.6 Å². The van der Waals surface area contributed by atoms with E-state index in [2.05, 4.69) is 5.32 Å². The molecule has 1 aromatic carbocycles. The van der Waals surface area contributed by atoms with E-state index in [9.17, 15) is 13.6 Å². The molecule has 1 aromatic rings. The molecule has 0 aliphatic rings. The van der Waals surface area contributed by atoms with Crippen molar-refractivity contribution in [2.75, 3.05) is 6.54 Å². The number of carbonyl (C=O) groups excluding carboxylic acids is 1. The Hall–Kier alpha value is -1.20. The van der Waals surface area contributed by atoms with Crippen LogP contribution in [0, 0.1) is 18.6 Å². The van der Waals surface area contributed by atoms with Crippen molar-refractivity contribution in [1.29, 1.82) is 0 Å². The van der Waals surface area contributed by atoms with Gasteiger partial charge < -0.3 is 11.1 Å². The topological polar surface area (TPSA) is 55.1 Å². The van der Waals surface area contributed by atoms with Crippen LogP contribution >= 0.6 is 12.4 Å². The molecule has 0 heterocycles. The zero-order valence-corrected chi connectivity index (χ0v) is 10.4. The Labute approximate surface area is 105 Å². The molecule has 0 saturated heterocycles. The van der Waals surface area contributed by atoms with Crippen LogP contribution in [0.3, 0.4) is 0 Å². The summed E-state index contributed by atoms with van der Waals surface area (Å²) < 4.78 is 26.3. The van der Waals surface area contributed by atoms with Gasteiger partial charge in [0.25, 0.3) is 5.91 Å². The van der Waals surface area contributed by atoms with Crippen LogP contribution in [0.2, 0.25) is 0 Å². The molecule has 0 aliphatic carbocycles. The summed E-state index contributed by atoms with van der Waals surface area (Å²) in [6.07, 6.45) is 0. The van der Waals surface area contributed by atoms with Gasteiger partial charge >= 0.3 is 0 Å². The van der Waals surface area contributed by atoms with E-state index in [4.69, 9.17) is 5.73 Å². The van der Waals surface area contributed by atoms with Gasteiger partial charge in [-0.15, -0.1) is 12.4 Å². The minimum Gasteiger partial charge on any atom is -0.348 e. The van der Waals surface area contributed by atoms with Crippen molar-refractivity contribution in [2.24, 2.45) is 5.73 Å². The van der Waals surface area contributed by atoms with Crippen molar-refractivity contribution in [3.63, 3.8) is 0 Å². The first-order valence-electron chi connectivity index (χ1n) is 4.92. The van der Waals surface area contributed by atoms with Gasteiger partial charge in [0.2, 0.25) is 0 Å². The van der Waals surface area contributed by atoms with Crippen LogP contribution in [-0.4, -0.2) is 18.5 Å². The number of benzene rings is 1. The highest BCUT2D eigenvalue weighted by Gasteiger charge is 2.15. The summed E-state index contributed by atoms with van der Waals surface area (Å²) in [5, 5.41) is 2.51. The van der Waals surface area contributed by atoms with Gasteiger partial charge in [-0.05, 0) is 25.5 Å². The second kappa shape index (κ2) is 6.51. The first kappa shape index (κ1) is 15.8. The summed E-state index contributed by atoms with van der Waals surface area (Å²) in [6.45, 7) is 3.43. The van der Waals surface area contributed by atoms with Crippen LogP contribution in [0.4, 0.5) is 8.78 Å². The lowest BCUT2D eigenvalue weighted by Crippen LogP contribution is -2.38. The average molecular weight is 265 g/mol. The van der Waals surface area contributed by atoms with Crippen LogP contribution in [0.25, 0.3) is 0 Å². The molecule has 0 bridgehead atoms. The highest BCUT2D eigenvalue weighted by atomic mass is 35.5. The summed E-state index contributed by atoms with van der Waals surface area (Å²) in [6, 6.07) is 1.64. The molecular weight excluding hydrogens is 250 g/mol. The van der Waals surface area contributed by atoms with Crippen molar-refractivity contribution in [3.05, 3.63) is 34.9 Å². The number of aryl methyl sites for hydroxylation is 1. The number of rotatable bonds is 3. The number of nitrogens with two attached hydrogens (primary N) is 1. The molecule has 0 radical (unpaired) electrons. The molecule has 0 saturated carbocycles. The maximum absolute atomic E-state index is 13.3. The van der Waals surface area contributed by atoms with Crippen LogP contribution in [0.15, 0.2) is 12.1 Å². The van der Waals surface area contributed by atoms with Crippen molar-refractivity contribution < 1.29 is 13.6 Å². The molecule has 0 unspecified atom stereocenters. The molecule has 3 N–H and O–H groups in total. The Morgan fingerprint density at radius 3 is 2.53 bits per heavy atom. The molecule has 6 heteroatoms. The largest absolute Gasteiger partial charge is 0.348 e. The predicted octanol–water partition coefficient (Wildman–Crippen LogP) is 1.77. The van der Waals surface area contributed by atoms with Crippen LogP contribution < -0.4 is 11.1 Å². The Morgan fingerprint density at radius 2 is 2.00 bits per heavy atom. The van der Waals surface area contributed by atoms with E-state index in [1.165, 1.54) is 13.0 Å². The summed E-state index contributed by atoms with van der Waals surface area (Å²) in [7, 11) is 0. The Kier molecular flexibility index (Phi) is 6.05. The highest BCUT2D eigenvalue weighted by molar-refractivity contribution is 5.94. The fraction of sp³-hybridized carbons (Fsp3) is 0.364. The van der Waals surface area contributed by atoms with E-state index in [1.807, 2.05) is 0 Å². The molecule has 17 heavy (non-hydrogen) atoms. The quantitative estimate of drug-likeness (QED) is 0.874. The Bertz CT molecular complexity index is 413. The second-order valence-corrected chi connectivity index (χ2v) is 3.69. The molecule has 0 spiro atoms. The molecular formula is C11H15ClF2N2O. The van der Waals surface area contributed by atoms with Crippen LogP contribution in [0.5, 0.6) is 0 Å². The summed E-state index contributed by atoms with van der Waals surface area (Å²) in [5.74, 6) is -2.12. The Morgan fingerprint density at radius 1 is 1.41 bits per heavy atom. The zero-order valence-electron chi connectivity index (χ0n) is 9.59. The van der Waals surface area contributed by atoms with E-state index < -0.39 is 17.5 Å². The minimum atomic E-state index is -0.871. The third-order valence-electron chi connectivity index (χ3n) is 2.22. The lowest BCUT2D eigenvalue weighted by Gasteiger charge is -2.12. The predicted molar refractivity (Wildman–Crippen MR) is 64.3 cm³/mol. The first-order valence-corrected chi connectivity index (χ1v) is 4.92. The van der Waals surface area contributed by atoms with E-state index >= 15 is 0 Å². The van der Waals surface area contributed by atoms with E-state index in [1.54, 1.807) is 6.92 Å². The molecule has 0 aliphatic heterocycles. The van der Waals surface area contributed by atoms with Gasteiger partial charge in [-0.25, -0.2) is 8.78 Å². The number of hydrogen-bond donors (Lipinski definition) is 2. The molecule has 1 atom stereocenters. The third-order valence-corrected chi connectivity index (χ3v) is 2.22. The number of amides is 1. The van der Waals surface area contributed by atoms with Crippen LogP contribution in [0.1, 0.15) is 22.8 Å². The standard InChI is InChI=1S/C11H14F2N2O.ClH/c1-6-3-8(10(13)4-9(6)12)11(16)15-7(2)5-14;/h3-4,7H,5,14H2,1-2H3,(H,15,16);1H/t7-;/m1./s1. The number of carbonyl (C=O) groups is 1. The molecule has 0 aromatic heterocycles. The molecule has 96 valence electrons. The maximum Gasteiger partial charge on any atom is 0.254 e. The number of halogens is 3. The van der Waals surface area contributed by atoms with Crippen molar-refractivity contribution in [1.82, 2.24) is 5.32 Å². The van der Waals surface area contributed by atoms with Gasteiger partial charge in [0, 0.05) is 18.7 Å². The Balaban J connectivity index is 0.00000256. The van der Waals surface area contributed by atoms with Crippen molar-refractivity contribution in [2.45, 2.75) is 19.9 Å². The SMILES string of the molecule is Cc1cc(C(=O)N[C@H](C)CN)c(F)cc1F.Cl. The number of hydrogen-bond acceptors (Lipinski definition) is 2. The smallest absolute Gasteiger partial charge is 0.254 e. The average Bonchev–Trinajstić information content (AvgIpc) is 2.23. The maximum atomic E-state index is 13.3. The van der Waals surface area contributed by atoms with Gasteiger partial charge in [-0.1, -0.05) is 0 Å². The van der Waals surface area contributed by atoms with Crippen LogP contribution in [-0.2, 0) is 0 Å². The normalized spacial score (nSPS) is 11.6. The lowest BCUT2D eigenvalue weighted by atomic mass is 10.1. The second-order valence-electron chi connectivity index (χ2n) is 3.69. The van der Waals surface area contributed by atoms with Gasteiger partial charge in [-0.2, -0.15) is 0 Å². The van der Waals surface area contributed by atoms with Gasteiger partial charge in [-0.3, -0.25) is 4.79 Å². The zero-order chi connectivity index (χ0) is 12.3. The van der Waals surface area contributed by atoms with Gasteiger partial charge in [0.05, 0.1) is 5.56 Å². The van der Waals surface area contributed by atoms with Crippen molar-refractivity contribution in [3.8, 4) is 0 Å².